The monoisotopic (exact) mass is 1840 g/mol. The molecule has 50 nitrogen and oxygen atoms in total. The molecular weight excluding hydrogens is 1730 g/mol. The van der Waals surface area contributed by atoms with E-state index in [1.165, 1.54) is 62.8 Å². The number of phenols is 1. The summed E-state index contributed by atoms with van der Waals surface area (Å²) in [6.45, 7) is 10.2. The van der Waals surface area contributed by atoms with E-state index in [9.17, 15) is 136 Å². The van der Waals surface area contributed by atoms with Gasteiger partial charge in [-0.15, -0.1) is 0 Å². The molecule has 0 aliphatic carbocycles. The third-order valence-corrected chi connectivity index (χ3v) is 21.4. The Bertz CT molecular complexity index is 4600. The summed E-state index contributed by atoms with van der Waals surface area (Å²) in [5.41, 5.74) is 16.0. The number of likely N-dealkylation sites (tertiary alicyclic amines) is 2. The zero-order chi connectivity index (χ0) is 96.8. The van der Waals surface area contributed by atoms with E-state index < -0.39 is 278 Å². The van der Waals surface area contributed by atoms with Crippen LogP contribution in [0.25, 0.3) is 0 Å². The number of imidazole rings is 1. The first kappa shape index (κ1) is 106. The number of H-pyrrole nitrogens is 1. The van der Waals surface area contributed by atoms with Gasteiger partial charge in [0.15, 0.2) is 0 Å². The molecule has 1 aromatic heterocycles. The molecule has 0 radical (unpaired) electrons. The maximum atomic E-state index is 14.9. The molecule has 2 saturated heterocycles. The van der Waals surface area contributed by atoms with Gasteiger partial charge in [-0.3, -0.25) is 106 Å². The normalized spacial score (nSPS) is 17.4. The maximum Gasteiger partial charge on any atom is 0.469 e. The summed E-state index contributed by atoms with van der Waals surface area (Å²) in [7, 11) is -5.56. The van der Waals surface area contributed by atoms with Crippen molar-refractivity contribution < 1.29 is 135 Å². The molecule has 51 heteroatoms. The molecule has 18 atom stereocenters. The molecule has 129 heavy (non-hydrogen) atoms. The first-order valence-electron chi connectivity index (χ1n) is 41.0. The molecular formula is C78H114N21O29P. The fourth-order valence-electron chi connectivity index (χ4n) is 13.8. The Balaban J connectivity index is 1.34. The number of carbonyl (C=O) groups excluding carboxylic acids is 18. The number of carboxylic acid groups (broad SMARTS) is 1. The molecule has 2 aromatic carbocycles. The van der Waals surface area contributed by atoms with Gasteiger partial charge < -0.3 is 131 Å². The second kappa shape index (κ2) is 49.8. The lowest BCUT2D eigenvalue weighted by Crippen LogP contribution is -2.63. The molecule has 26 N–H and O–H groups in total. The highest BCUT2D eigenvalue weighted by Crippen LogP contribution is 2.38. The van der Waals surface area contributed by atoms with E-state index in [0.29, 0.717) is 5.56 Å². The number of rotatable bonds is 51. The van der Waals surface area contributed by atoms with E-state index in [0.717, 1.165) is 49.6 Å². The molecule has 2 aliphatic heterocycles. The van der Waals surface area contributed by atoms with Gasteiger partial charge in [-0.25, -0.2) is 9.55 Å². The van der Waals surface area contributed by atoms with Crippen molar-refractivity contribution in [2.75, 3.05) is 19.7 Å². The van der Waals surface area contributed by atoms with Gasteiger partial charge in [-0.1, -0.05) is 58.4 Å². The number of aromatic amines is 1. The molecule has 0 bridgehead atoms. The summed E-state index contributed by atoms with van der Waals surface area (Å²) in [5.74, 6) is -22.3. The van der Waals surface area contributed by atoms with E-state index in [1.807, 2.05) is 0 Å². The number of carbonyl (C=O) groups is 19. The van der Waals surface area contributed by atoms with Crippen molar-refractivity contribution in [3.8, 4) is 5.75 Å². The van der Waals surface area contributed by atoms with Crippen molar-refractivity contribution in [3.05, 3.63) is 88.0 Å². The summed E-state index contributed by atoms with van der Waals surface area (Å²) >= 11 is 0. The van der Waals surface area contributed by atoms with Gasteiger partial charge in [0.05, 0.1) is 42.9 Å². The smallest absolute Gasteiger partial charge is 0.469 e. The minimum atomic E-state index is -5.56. The number of nitrogens with two attached hydrogens (primary N) is 3. The van der Waals surface area contributed by atoms with Crippen LogP contribution in [0.4, 0.5) is 5.69 Å². The number of phosphoric ester groups is 1. The van der Waals surface area contributed by atoms with Crippen LogP contribution in [0.3, 0.4) is 0 Å². The lowest BCUT2D eigenvalue weighted by atomic mass is 9.96. The molecule has 0 saturated carbocycles. The van der Waals surface area contributed by atoms with Crippen LogP contribution in [-0.4, -0.2) is 290 Å². The topological polar surface area (TPSA) is 785 Å². The van der Waals surface area contributed by atoms with Gasteiger partial charge in [-0.05, 0) is 101 Å². The van der Waals surface area contributed by atoms with E-state index in [4.69, 9.17) is 21.7 Å². The zero-order valence-corrected chi connectivity index (χ0v) is 73.0. The Morgan fingerprint density at radius 2 is 1.02 bits per heavy atom. The number of nitro benzene ring substituents is 1. The Hall–Kier alpha value is -13.2. The lowest BCUT2D eigenvalue weighted by molar-refractivity contribution is -0.384. The second-order valence-electron chi connectivity index (χ2n) is 31.7. The lowest BCUT2D eigenvalue weighted by Gasteiger charge is -2.33. The van der Waals surface area contributed by atoms with Crippen LogP contribution < -0.4 is 86.3 Å². The fraction of sp³-hybridized carbons (Fsp3) is 0.564. The zero-order valence-electron chi connectivity index (χ0n) is 72.1. The van der Waals surface area contributed by atoms with Gasteiger partial charge in [-0.2, -0.15) is 0 Å². The molecule has 3 heterocycles. The quantitative estimate of drug-likeness (QED) is 0.0142. The summed E-state index contributed by atoms with van der Waals surface area (Å²) in [6.07, 6.45) is -4.95. The average Bonchev–Trinajstić information content (AvgIpc) is 1.66. The van der Waals surface area contributed by atoms with Crippen LogP contribution in [0.5, 0.6) is 5.75 Å². The van der Waals surface area contributed by atoms with E-state index in [-0.39, 0.29) is 87.2 Å². The van der Waals surface area contributed by atoms with Crippen LogP contribution >= 0.6 is 7.82 Å². The van der Waals surface area contributed by atoms with Gasteiger partial charge in [0.1, 0.15) is 96.4 Å². The predicted molar refractivity (Wildman–Crippen MR) is 446 cm³/mol. The standard InChI is InChI=1S/C78H114N21O29P/c1-10-37(4)61(74(118)90-51(29-44-17-21-47(103)22-18-44)68(112)84-38(5)65(109)87-49(64(81)108)31-59(80)105)94-66(110)39(6)85-76(120)63(41(8)128-129(125,126)127)96-72(116)55(34-100)93-71(115)53(30-45-33-82-35-83-45)88-69(113)50(27-36(2)3)89-73(117)56-13-11-25-97(56)78(122)57-14-12-26-98(57)77(121)54(32-60(106)107)92-70(114)52(28-43-15-19-46(20-16-43)99(123)124)91-75(119)62(40(7)101)95-67(111)48(86-42(9)102)23-24-58(79)104/h15-22,33,35-41,48-57,61-63,100-101,103H,10-14,23-32,34H2,1-9H3,(H2,79,104)(H2,80,105)(H2,81,108)(H,82,83)(H,84,112)(H,85,120)(H,86,102)(H,87,109)(H,88,113)(H,89,117)(H,90,118)(H,91,119)(H,92,114)(H,93,115)(H,94,110)(H,95,111)(H,96,116)(H,106,107)(H2,125,126,127)/t37-,38-,39-,40+,41+,48-,49-,50-,51-,52-,53-,54-,55-,56-,57-,61-,62-,63-/m0/s1. The number of aliphatic hydroxyl groups is 2. The van der Waals surface area contributed by atoms with Gasteiger partial charge >= 0.3 is 13.8 Å². The van der Waals surface area contributed by atoms with Crippen LogP contribution in [0, 0.1) is 22.0 Å². The van der Waals surface area contributed by atoms with E-state index in [2.05, 4.69) is 79.1 Å². The number of aromatic hydroxyl groups is 1. The third-order valence-electron chi connectivity index (χ3n) is 20.8. The molecule has 5 rings (SSSR count). The van der Waals surface area contributed by atoms with Crippen LogP contribution in [0.2, 0.25) is 0 Å². The Morgan fingerprint density at radius 1 is 0.558 bits per heavy atom. The number of nitrogens with one attached hydrogen (secondary N) is 14. The number of amides is 18. The number of aliphatic carboxylic acids is 1. The van der Waals surface area contributed by atoms with Crippen molar-refractivity contribution in [2.45, 2.75) is 249 Å². The summed E-state index contributed by atoms with van der Waals surface area (Å²) < 4.78 is 17.1. The predicted octanol–water partition coefficient (Wildman–Crippen LogP) is -7.54. The number of hydrogen-bond donors (Lipinski definition) is 23. The minimum absolute atomic E-state index is 0.0224. The third kappa shape index (κ3) is 33.8. The van der Waals surface area contributed by atoms with Crippen LogP contribution in [-0.2, 0) is 119 Å². The van der Waals surface area contributed by atoms with Gasteiger partial charge in [0.25, 0.3) is 5.69 Å². The van der Waals surface area contributed by atoms with E-state index >= 15 is 0 Å². The minimum Gasteiger partial charge on any atom is -0.508 e. The number of nitrogens with zero attached hydrogens (tertiary/aromatic N) is 4. The highest BCUT2D eigenvalue weighted by molar-refractivity contribution is 7.46. The molecule has 18 amide bonds. The molecule has 0 unspecified atom stereocenters. The number of phenolic OH excluding ortho intramolecular Hbond substituents is 1. The second-order valence-corrected chi connectivity index (χ2v) is 32.9. The molecule has 710 valence electrons. The first-order valence-corrected chi connectivity index (χ1v) is 42.6. The number of carboxylic acids is 1. The van der Waals surface area contributed by atoms with Crippen molar-refractivity contribution >= 4 is 126 Å². The van der Waals surface area contributed by atoms with Crippen molar-refractivity contribution in [1.29, 1.82) is 0 Å². The number of aliphatic hydroxyl groups excluding tert-OH is 2. The Kier molecular flexibility index (Phi) is 41.1. The first-order chi connectivity index (χ1) is 60.4. The summed E-state index contributed by atoms with van der Waals surface area (Å²) in [4.78, 5) is 299. The van der Waals surface area contributed by atoms with Gasteiger partial charge in [0, 0.05) is 69.7 Å². The number of primary amides is 3. The van der Waals surface area contributed by atoms with Crippen LogP contribution in [0.15, 0.2) is 61.1 Å². The molecule has 2 fully saturated rings. The van der Waals surface area contributed by atoms with Crippen molar-refractivity contribution in [1.82, 2.24) is 88.9 Å². The number of benzene rings is 2. The van der Waals surface area contributed by atoms with E-state index in [1.54, 1.807) is 20.8 Å². The fourth-order valence-corrected chi connectivity index (χ4v) is 14.4. The Labute approximate surface area is 738 Å². The summed E-state index contributed by atoms with van der Waals surface area (Å²) in [6, 6.07) is -15.5. The number of aromatic nitrogens is 2. The van der Waals surface area contributed by atoms with Gasteiger partial charge in [0.2, 0.25) is 106 Å². The number of non-ortho nitro benzene ring substituents is 1. The SMILES string of the molecule is CC[C@H](C)[C@H](NC(=O)[C@H](C)NC(=O)[C@@H](NC(=O)[C@H](CO)NC(=O)[C@H](Cc1cnc[nH]1)NC(=O)[C@H](CC(C)C)NC(=O)[C@@H]1CCCN1C(=O)[C@@H]1CCCN1C(=O)[C@H](CC(=O)O)NC(=O)[C@H](Cc1ccc([N+](=O)[O-])cc1)NC(=O)[C@@H](NC(=O)[C@H](CCC(N)=O)NC(C)=O)[C@@H](C)O)[C@@H](C)OP(=O)(O)O)C(=O)N[C@@H](Cc1ccc(O)cc1)C(=O)N[C@@H](C)C(=O)N[C@@H](CC(N)=O)C(N)=O. The summed E-state index contributed by atoms with van der Waals surface area (Å²) in [5, 5.41) is 83.8. The molecule has 3 aromatic rings. The maximum absolute atomic E-state index is 14.9. The van der Waals surface area contributed by atoms with Crippen LogP contribution in [0.1, 0.15) is 143 Å². The van der Waals surface area contributed by atoms with Crippen molar-refractivity contribution in [2.24, 2.45) is 29.0 Å². The Morgan fingerprint density at radius 3 is 1.53 bits per heavy atom. The highest BCUT2D eigenvalue weighted by atomic mass is 31.2. The molecule has 0 spiro atoms. The molecule has 2 aliphatic rings. The average molecular weight is 1840 g/mol. The highest BCUT2D eigenvalue weighted by Gasteiger charge is 2.47. The number of phosphoric acid groups is 1. The number of hydrogen-bond acceptors (Lipinski definition) is 27. The largest absolute Gasteiger partial charge is 0.508 e. The van der Waals surface area contributed by atoms with Crippen molar-refractivity contribution in [3.63, 3.8) is 0 Å². The number of nitro groups is 1.